The number of guanidine groups is 1. The lowest BCUT2D eigenvalue weighted by atomic mass is 10.2. The van der Waals surface area contributed by atoms with Crippen LogP contribution in [0, 0.1) is 0 Å². The molecule has 1 atom stereocenters. The first kappa shape index (κ1) is 20.5. The molecule has 7 nitrogen and oxygen atoms in total. The number of aromatic nitrogens is 1. The van der Waals surface area contributed by atoms with Crippen LogP contribution in [0.4, 0.5) is 4.79 Å². The Bertz CT molecular complexity index is 623. The fourth-order valence-corrected chi connectivity index (χ4v) is 3.45. The Hall–Kier alpha value is -1.83. The zero-order valence-electron chi connectivity index (χ0n) is 16.5. The lowest BCUT2D eigenvalue weighted by molar-refractivity contribution is 0.0507. The highest BCUT2D eigenvalue weighted by Crippen LogP contribution is 2.14. The fourth-order valence-electron chi connectivity index (χ4n) is 2.71. The van der Waals surface area contributed by atoms with Crippen molar-refractivity contribution in [3.8, 4) is 0 Å². The van der Waals surface area contributed by atoms with Crippen molar-refractivity contribution >= 4 is 23.4 Å². The number of carbonyl (C=O) groups excluding carboxylic acids is 1. The van der Waals surface area contributed by atoms with Crippen LogP contribution in [-0.2, 0) is 17.7 Å². The highest BCUT2D eigenvalue weighted by molar-refractivity contribution is 7.09. The van der Waals surface area contributed by atoms with Crippen molar-refractivity contribution in [1.29, 1.82) is 0 Å². The SMILES string of the molecule is CCNC(=NCc1csc(CC)n1)N1CCC(NC(=O)OC(C)(C)C)C1. The van der Waals surface area contributed by atoms with Crippen molar-refractivity contribution in [3.05, 3.63) is 16.1 Å². The predicted octanol–water partition coefficient (Wildman–Crippen LogP) is 2.77. The second-order valence-corrected chi connectivity index (χ2v) is 8.28. The Balaban J connectivity index is 1.91. The molecular weight excluding hydrogens is 350 g/mol. The summed E-state index contributed by atoms with van der Waals surface area (Å²) in [5, 5.41) is 9.50. The number of hydrogen-bond acceptors (Lipinski definition) is 5. The van der Waals surface area contributed by atoms with Crippen LogP contribution in [0.15, 0.2) is 10.4 Å². The smallest absolute Gasteiger partial charge is 0.407 e. The van der Waals surface area contributed by atoms with Crippen molar-refractivity contribution in [2.75, 3.05) is 19.6 Å². The monoisotopic (exact) mass is 381 g/mol. The summed E-state index contributed by atoms with van der Waals surface area (Å²) in [6.45, 7) is 12.7. The number of amides is 1. The number of likely N-dealkylation sites (tertiary alicyclic amines) is 1. The Morgan fingerprint density at radius 2 is 2.23 bits per heavy atom. The summed E-state index contributed by atoms with van der Waals surface area (Å²) in [6, 6.07) is 0.0691. The van der Waals surface area contributed by atoms with E-state index in [0.717, 1.165) is 49.1 Å². The van der Waals surface area contributed by atoms with Gasteiger partial charge in [0.1, 0.15) is 5.60 Å². The van der Waals surface area contributed by atoms with Gasteiger partial charge in [-0.2, -0.15) is 0 Å². The average molecular weight is 382 g/mol. The van der Waals surface area contributed by atoms with Crippen LogP contribution in [0.2, 0.25) is 0 Å². The number of aryl methyl sites for hydroxylation is 1. The summed E-state index contributed by atoms with van der Waals surface area (Å²) in [5.41, 5.74) is 0.522. The van der Waals surface area contributed by atoms with E-state index in [1.165, 1.54) is 0 Å². The topological polar surface area (TPSA) is 78.9 Å². The van der Waals surface area contributed by atoms with Crippen molar-refractivity contribution in [1.82, 2.24) is 20.5 Å². The third kappa shape index (κ3) is 6.48. The van der Waals surface area contributed by atoms with Crippen molar-refractivity contribution in [2.45, 2.75) is 65.6 Å². The molecular formula is C18H31N5O2S. The molecule has 1 saturated heterocycles. The van der Waals surface area contributed by atoms with Gasteiger partial charge in [0, 0.05) is 25.0 Å². The molecule has 26 heavy (non-hydrogen) atoms. The van der Waals surface area contributed by atoms with Gasteiger partial charge in [-0.15, -0.1) is 11.3 Å². The van der Waals surface area contributed by atoms with Gasteiger partial charge in [0.15, 0.2) is 5.96 Å². The first-order valence-electron chi connectivity index (χ1n) is 9.26. The van der Waals surface area contributed by atoms with E-state index in [1.807, 2.05) is 20.8 Å². The largest absolute Gasteiger partial charge is 0.444 e. The quantitative estimate of drug-likeness (QED) is 0.606. The molecule has 146 valence electrons. The van der Waals surface area contributed by atoms with Gasteiger partial charge in [-0.3, -0.25) is 0 Å². The first-order valence-corrected chi connectivity index (χ1v) is 10.1. The molecule has 2 rings (SSSR count). The summed E-state index contributed by atoms with van der Waals surface area (Å²) in [7, 11) is 0. The van der Waals surface area contributed by atoms with Crippen LogP contribution in [0.3, 0.4) is 0 Å². The third-order valence-corrected chi connectivity index (χ3v) is 4.88. The molecule has 1 unspecified atom stereocenters. The van der Waals surface area contributed by atoms with Gasteiger partial charge < -0.3 is 20.3 Å². The predicted molar refractivity (Wildman–Crippen MR) is 106 cm³/mol. The summed E-state index contributed by atoms with van der Waals surface area (Å²) >= 11 is 1.68. The van der Waals surface area contributed by atoms with E-state index in [0.29, 0.717) is 6.54 Å². The number of thiazole rings is 1. The number of ether oxygens (including phenoxy) is 1. The highest BCUT2D eigenvalue weighted by Gasteiger charge is 2.27. The molecule has 1 amide bonds. The lowest BCUT2D eigenvalue weighted by Gasteiger charge is -2.23. The van der Waals surface area contributed by atoms with E-state index in [1.54, 1.807) is 11.3 Å². The minimum absolute atomic E-state index is 0.0691. The molecule has 1 aliphatic heterocycles. The molecule has 0 radical (unpaired) electrons. The normalized spacial score (nSPS) is 18.1. The Labute approximate surface area is 160 Å². The average Bonchev–Trinajstić information content (AvgIpc) is 3.18. The molecule has 1 fully saturated rings. The van der Waals surface area contributed by atoms with Gasteiger partial charge in [0.25, 0.3) is 0 Å². The second-order valence-electron chi connectivity index (χ2n) is 7.33. The number of nitrogens with one attached hydrogen (secondary N) is 2. The van der Waals surface area contributed by atoms with Crippen LogP contribution in [0.25, 0.3) is 0 Å². The molecule has 0 aliphatic carbocycles. The third-order valence-electron chi connectivity index (χ3n) is 3.84. The molecule has 2 heterocycles. The van der Waals surface area contributed by atoms with Gasteiger partial charge in [-0.1, -0.05) is 6.92 Å². The molecule has 0 saturated carbocycles. The summed E-state index contributed by atoms with van der Waals surface area (Å²) in [4.78, 5) is 23.4. The van der Waals surface area contributed by atoms with Crippen LogP contribution < -0.4 is 10.6 Å². The van der Waals surface area contributed by atoms with E-state index in [9.17, 15) is 4.79 Å². The molecule has 0 bridgehead atoms. The Morgan fingerprint density at radius 3 is 2.85 bits per heavy atom. The number of nitrogens with zero attached hydrogens (tertiary/aromatic N) is 3. The van der Waals surface area contributed by atoms with E-state index in [4.69, 9.17) is 9.73 Å². The van der Waals surface area contributed by atoms with E-state index in [-0.39, 0.29) is 12.1 Å². The molecule has 1 aromatic rings. The molecule has 2 N–H and O–H groups in total. The minimum Gasteiger partial charge on any atom is -0.444 e. The number of rotatable bonds is 5. The maximum Gasteiger partial charge on any atom is 0.407 e. The maximum absolute atomic E-state index is 12.0. The Kier molecular flexibility index (Phi) is 7.25. The van der Waals surface area contributed by atoms with Crippen molar-refractivity contribution in [3.63, 3.8) is 0 Å². The number of alkyl carbamates (subject to hydrolysis) is 1. The van der Waals surface area contributed by atoms with Gasteiger partial charge in [0.2, 0.25) is 0 Å². The van der Waals surface area contributed by atoms with Crippen molar-refractivity contribution in [2.24, 2.45) is 4.99 Å². The number of hydrogen-bond donors (Lipinski definition) is 2. The van der Waals surface area contributed by atoms with Gasteiger partial charge >= 0.3 is 6.09 Å². The van der Waals surface area contributed by atoms with Crippen molar-refractivity contribution < 1.29 is 9.53 Å². The Morgan fingerprint density at radius 1 is 1.46 bits per heavy atom. The zero-order valence-corrected chi connectivity index (χ0v) is 17.3. The summed E-state index contributed by atoms with van der Waals surface area (Å²) < 4.78 is 5.34. The maximum atomic E-state index is 12.0. The summed E-state index contributed by atoms with van der Waals surface area (Å²) in [5.74, 6) is 0.868. The van der Waals surface area contributed by atoms with E-state index < -0.39 is 5.60 Å². The van der Waals surface area contributed by atoms with Crippen LogP contribution >= 0.6 is 11.3 Å². The van der Waals surface area contributed by atoms with Gasteiger partial charge in [-0.25, -0.2) is 14.8 Å². The fraction of sp³-hybridized carbons (Fsp3) is 0.722. The van der Waals surface area contributed by atoms with E-state index >= 15 is 0 Å². The van der Waals surface area contributed by atoms with Gasteiger partial charge in [0.05, 0.1) is 23.3 Å². The molecule has 1 aliphatic rings. The molecule has 0 aromatic carbocycles. The first-order chi connectivity index (χ1) is 12.3. The van der Waals surface area contributed by atoms with E-state index in [2.05, 4.69) is 39.7 Å². The highest BCUT2D eigenvalue weighted by atomic mass is 32.1. The number of aliphatic imine (C=N–C) groups is 1. The summed E-state index contributed by atoms with van der Waals surface area (Å²) in [6.07, 6.45) is 1.47. The number of carbonyl (C=O) groups is 1. The molecule has 1 aromatic heterocycles. The second kappa shape index (κ2) is 9.21. The van der Waals surface area contributed by atoms with Crippen LogP contribution in [0.5, 0.6) is 0 Å². The zero-order chi connectivity index (χ0) is 19.2. The lowest BCUT2D eigenvalue weighted by Crippen LogP contribution is -2.44. The van der Waals surface area contributed by atoms with Crippen LogP contribution in [0.1, 0.15) is 51.7 Å². The molecule has 0 spiro atoms. The standard InChI is InChI=1S/C18H31N5O2S/c1-6-15-21-14(12-26-15)10-20-16(19-7-2)23-9-8-13(11-23)22-17(24)25-18(3,4)5/h12-13H,6-11H2,1-5H3,(H,19,20)(H,22,24). The van der Waals surface area contributed by atoms with Crippen LogP contribution in [-0.4, -0.2) is 53.2 Å². The minimum atomic E-state index is -0.483. The van der Waals surface area contributed by atoms with Gasteiger partial charge in [-0.05, 0) is 40.5 Å². The molecule has 8 heteroatoms.